The molecule has 2 aliphatic heterocycles. The number of furan rings is 1. The molecular weight excluding hydrogens is 366 g/mol. The number of benzene rings is 2. The van der Waals surface area contributed by atoms with E-state index in [0.717, 1.165) is 24.1 Å². The lowest BCUT2D eigenvalue weighted by molar-refractivity contribution is -0.913. The van der Waals surface area contributed by atoms with Gasteiger partial charge in [-0.1, -0.05) is 30.0 Å². The summed E-state index contributed by atoms with van der Waals surface area (Å²) in [5, 5.41) is 13.6. The minimum absolute atomic E-state index is 0.0571. The molecule has 1 fully saturated rings. The van der Waals surface area contributed by atoms with Gasteiger partial charge >= 0.3 is 0 Å². The molecule has 0 aliphatic carbocycles. The SMILES string of the molecule is O=C1/C(=C/c2cc3ccccc3o2)Oc2c1ccc([O-])c2C[NH+]1CCCCCC1. The number of para-hydroxylation sites is 1. The summed E-state index contributed by atoms with van der Waals surface area (Å²) in [6.45, 7) is 2.71. The number of quaternary nitrogens is 1. The Kier molecular flexibility index (Phi) is 4.60. The van der Waals surface area contributed by atoms with Crippen molar-refractivity contribution in [2.24, 2.45) is 0 Å². The van der Waals surface area contributed by atoms with Crippen molar-refractivity contribution in [2.75, 3.05) is 13.1 Å². The maximum absolute atomic E-state index is 12.9. The van der Waals surface area contributed by atoms with E-state index in [2.05, 4.69) is 0 Å². The molecule has 2 aliphatic rings. The first-order valence-corrected chi connectivity index (χ1v) is 10.3. The van der Waals surface area contributed by atoms with E-state index in [1.165, 1.54) is 36.6 Å². The molecule has 29 heavy (non-hydrogen) atoms. The van der Waals surface area contributed by atoms with E-state index in [9.17, 15) is 9.90 Å². The Bertz CT molecular complexity index is 1070. The third-order valence-electron chi connectivity index (χ3n) is 5.85. The number of rotatable bonds is 3. The average molecular weight is 389 g/mol. The first-order chi connectivity index (χ1) is 14.2. The molecule has 5 nitrogen and oxygen atoms in total. The number of carbonyl (C=O) groups excluding carboxylic acids is 1. The van der Waals surface area contributed by atoms with Crippen molar-refractivity contribution in [1.82, 2.24) is 0 Å². The Labute approximate surface area is 169 Å². The fourth-order valence-corrected chi connectivity index (χ4v) is 4.31. The van der Waals surface area contributed by atoms with Crippen LogP contribution < -0.4 is 14.7 Å². The third-order valence-corrected chi connectivity index (χ3v) is 5.85. The number of fused-ring (bicyclic) bond motifs is 2. The van der Waals surface area contributed by atoms with Crippen LogP contribution in [0.25, 0.3) is 17.0 Å². The maximum atomic E-state index is 12.9. The predicted octanol–water partition coefficient (Wildman–Crippen LogP) is 3.08. The molecule has 5 rings (SSSR count). The van der Waals surface area contributed by atoms with E-state index >= 15 is 0 Å². The quantitative estimate of drug-likeness (QED) is 0.699. The normalized spacial score (nSPS) is 18.8. The van der Waals surface area contributed by atoms with Gasteiger partial charge < -0.3 is 19.2 Å². The topological polar surface area (TPSA) is 66.9 Å². The van der Waals surface area contributed by atoms with Gasteiger partial charge in [0.25, 0.3) is 0 Å². The van der Waals surface area contributed by atoms with Crippen molar-refractivity contribution in [3.8, 4) is 11.5 Å². The minimum Gasteiger partial charge on any atom is -0.872 e. The van der Waals surface area contributed by atoms with Crippen molar-refractivity contribution < 1.29 is 24.0 Å². The summed E-state index contributed by atoms with van der Waals surface area (Å²) in [5.41, 5.74) is 1.84. The lowest BCUT2D eigenvalue weighted by atomic mass is 10.0. The van der Waals surface area contributed by atoms with E-state index < -0.39 is 0 Å². The first kappa shape index (κ1) is 18.0. The van der Waals surface area contributed by atoms with E-state index in [1.807, 2.05) is 30.3 Å². The highest BCUT2D eigenvalue weighted by Crippen LogP contribution is 2.38. The molecule has 5 heteroatoms. The highest BCUT2D eigenvalue weighted by atomic mass is 16.5. The Balaban J connectivity index is 1.46. The van der Waals surface area contributed by atoms with Crippen LogP contribution in [-0.4, -0.2) is 18.9 Å². The fourth-order valence-electron chi connectivity index (χ4n) is 4.31. The molecule has 0 unspecified atom stereocenters. The second kappa shape index (κ2) is 7.41. The van der Waals surface area contributed by atoms with Crippen LogP contribution in [0.5, 0.6) is 11.5 Å². The van der Waals surface area contributed by atoms with Crippen LogP contribution in [0.3, 0.4) is 0 Å². The number of likely N-dealkylation sites (tertiary alicyclic amines) is 1. The van der Waals surface area contributed by atoms with Crippen molar-refractivity contribution in [1.29, 1.82) is 0 Å². The van der Waals surface area contributed by atoms with Gasteiger partial charge in [0.1, 0.15) is 23.6 Å². The van der Waals surface area contributed by atoms with Gasteiger partial charge in [-0.25, -0.2) is 0 Å². The number of ketones is 1. The van der Waals surface area contributed by atoms with E-state index in [1.54, 1.807) is 12.1 Å². The summed E-state index contributed by atoms with van der Waals surface area (Å²) < 4.78 is 11.7. The number of allylic oxidation sites excluding steroid dienone is 1. The van der Waals surface area contributed by atoms with E-state index in [-0.39, 0.29) is 17.3 Å². The second-order valence-electron chi connectivity index (χ2n) is 7.89. The molecule has 148 valence electrons. The zero-order chi connectivity index (χ0) is 19.8. The summed E-state index contributed by atoms with van der Waals surface area (Å²) in [7, 11) is 0. The molecule has 1 N–H and O–H groups in total. The first-order valence-electron chi connectivity index (χ1n) is 10.3. The standard InChI is InChI=1S/C24H23NO4/c26-20-10-9-18-23(27)22(14-17-13-16-7-3-4-8-21(16)28-17)29-24(18)19(20)15-25-11-5-1-2-6-12-25/h3-4,7-10,13-14,26H,1-2,5-6,11-12,15H2/b22-14-. The van der Waals surface area contributed by atoms with E-state index in [0.29, 0.717) is 29.2 Å². The fraction of sp³-hybridized carbons (Fsp3) is 0.292. The molecule has 0 spiro atoms. The third kappa shape index (κ3) is 3.42. The largest absolute Gasteiger partial charge is 0.872 e. The molecule has 3 heterocycles. The van der Waals surface area contributed by atoms with Crippen LogP contribution in [0.4, 0.5) is 0 Å². The monoisotopic (exact) mass is 389 g/mol. The van der Waals surface area contributed by atoms with Gasteiger partial charge in [0.2, 0.25) is 5.78 Å². The van der Waals surface area contributed by atoms with Gasteiger partial charge in [-0.05, 0) is 43.9 Å². The van der Waals surface area contributed by atoms with Gasteiger partial charge in [0.05, 0.1) is 18.7 Å². The lowest BCUT2D eigenvalue weighted by Crippen LogP contribution is -3.10. The smallest absolute Gasteiger partial charge is 0.232 e. The zero-order valence-corrected chi connectivity index (χ0v) is 16.2. The molecule has 0 atom stereocenters. The van der Waals surface area contributed by atoms with Crippen molar-refractivity contribution in [3.63, 3.8) is 0 Å². The van der Waals surface area contributed by atoms with E-state index in [4.69, 9.17) is 9.15 Å². The number of Topliss-reactive ketones (excluding diaryl/α,β-unsaturated/α-hetero) is 1. The number of hydrogen-bond donors (Lipinski definition) is 1. The Morgan fingerprint density at radius 2 is 1.83 bits per heavy atom. The van der Waals surface area contributed by atoms with Crippen LogP contribution in [-0.2, 0) is 6.54 Å². The molecule has 0 radical (unpaired) electrons. The highest BCUT2D eigenvalue weighted by molar-refractivity contribution is 6.14. The highest BCUT2D eigenvalue weighted by Gasteiger charge is 2.31. The Morgan fingerprint density at radius 3 is 2.62 bits per heavy atom. The Morgan fingerprint density at radius 1 is 1.03 bits per heavy atom. The summed E-state index contributed by atoms with van der Waals surface area (Å²) in [6, 6.07) is 12.6. The molecule has 0 amide bonds. The number of nitrogens with one attached hydrogen (secondary N) is 1. The minimum atomic E-state index is -0.201. The van der Waals surface area contributed by atoms with Crippen LogP contribution in [0.15, 0.2) is 52.6 Å². The van der Waals surface area contributed by atoms with Gasteiger partial charge in [0.15, 0.2) is 5.76 Å². The van der Waals surface area contributed by atoms with Crippen LogP contribution >= 0.6 is 0 Å². The van der Waals surface area contributed by atoms with Crippen LogP contribution in [0.2, 0.25) is 0 Å². The number of carbonyl (C=O) groups is 1. The Hall–Kier alpha value is -3.05. The summed E-state index contributed by atoms with van der Waals surface area (Å²) in [5.74, 6) is 0.939. The molecule has 3 aromatic rings. The molecule has 2 aromatic carbocycles. The number of hydrogen-bond acceptors (Lipinski definition) is 4. The number of ether oxygens (including phenoxy) is 1. The molecule has 0 bridgehead atoms. The molecule has 1 saturated heterocycles. The van der Waals surface area contributed by atoms with Gasteiger partial charge in [-0.3, -0.25) is 4.79 Å². The van der Waals surface area contributed by atoms with Crippen molar-refractivity contribution in [3.05, 3.63) is 65.1 Å². The van der Waals surface area contributed by atoms with Crippen LogP contribution in [0, 0.1) is 0 Å². The second-order valence-corrected chi connectivity index (χ2v) is 7.89. The average Bonchev–Trinajstić information content (AvgIpc) is 3.15. The zero-order valence-electron chi connectivity index (χ0n) is 16.2. The van der Waals surface area contributed by atoms with Crippen molar-refractivity contribution >= 4 is 22.8 Å². The molecular formula is C24H23NO4. The molecule has 1 aromatic heterocycles. The summed E-state index contributed by atoms with van der Waals surface area (Å²) >= 11 is 0. The predicted molar refractivity (Wildman–Crippen MR) is 108 cm³/mol. The van der Waals surface area contributed by atoms with Gasteiger partial charge in [0, 0.05) is 17.0 Å². The molecule has 0 saturated carbocycles. The van der Waals surface area contributed by atoms with Crippen molar-refractivity contribution in [2.45, 2.75) is 32.2 Å². The lowest BCUT2D eigenvalue weighted by Gasteiger charge is -2.22. The van der Waals surface area contributed by atoms with Gasteiger partial charge in [-0.15, -0.1) is 0 Å². The van der Waals surface area contributed by atoms with Crippen LogP contribution in [0.1, 0.15) is 47.4 Å². The maximum Gasteiger partial charge on any atom is 0.232 e. The summed E-state index contributed by atoms with van der Waals surface area (Å²) in [4.78, 5) is 14.3. The summed E-state index contributed by atoms with van der Waals surface area (Å²) in [6.07, 6.45) is 6.47. The van der Waals surface area contributed by atoms with Gasteiger partial charge in [-0.2, -0.15) is 0 Å².